The van der Waals surface area contributed by atoms with Crippen LogP contribution in [0.15, 0.2) is 65.0 Å². The van der Waals surface area contributed by atoms with Crippen molar-refractivity contribution in [3.8, 4) is 5.75 Å². The molecule has 5 N–H and O–H groups in total. The van der Waals surface area contributed by atoms with Gasteiger partial charge >= 0.3 is 0 Å². The number of aliphatic imine (C=N–C) groups is 1. The summed E-state index contributed by atoms with van der Waals surface area (Å²) < 4.78 is 1.18. The summed E-state index contributed by atoms with van der Waals surface area (Å²) in [5.74, 6) is 0.510. The summed E-state index contributed by atoms with van der Waals surface area (Å²) in [6, 6.07) is 14.6. The zero-order valence-electron chi connectivity index (χ0n) is 11.7. The maximum Gasteiger partial charge on any atom is 0.126 e. The zero-order chi connectivity index (χ0) is 15.5. The fourth-order valence-electron chi connectivity index (χ4n) is 2.15. The molecule has 22 heavy (non-hydrogen) atoms. The van der Waals surface area contributed by atoms with Gasteiger partial charge < -0.3 is 16.6 Å². The third-order valence-electron chi connectivity index (χ3n) is 3.20. The van der Waals surface area contributed by atoms with Crippen molar-refractivity contribution in [2.75, 3.05) is 0 Å². The molecule has 3 rings (SSSR count). The molecule has 0 unspecified atom stereocenters. The highest BCUT2D eigenvalue weighted by atomic mass is 32.1. The number of benzene rings is 2. The van der Waals surface area contributed by atoms with E-state index in [9.17, 15) is 5.11 Å². The van der Waals surface area contributed by atoms with Gasteiger partial charge in [-0.15, -0.1) is 11.3 Å². The van der Waals surface area contributed by atoms with Gasteiger partial charge in [-0.1, -0.05) is 18.2 Å². The fourth-order valence-corrected chi connectivity index (χ4v) is 3.12. The Balaban J connectivity index is 1.92. The van der Waals surface area contributed by atoms with E-state index in [1.165, 1.54) is 4.70 Å². The maximum atomic E-state index is 9.25. The molecular formula is C17H15N3OS. The van der Waals surface area contributed by atoms with Crippen LogP contribution in [0, 0.1) is 0 Å². The molecule has 0 bridgehead atoms. The molecule has 0 aliphatic heterocycles. The molecular weight excluding hydrogens is 294 g/mol. The minimum atomic E-state index is 0.192. The monoisotopic (exact) mass is 309 g/mol. The highest BCUT2D eigenvalue weighted by Gasteiger charge is 2.06. The van der Waals surface area contributed by atoms with Gasteiger partial charge in [-0.05, 0) is 30.3 Å². The molecule has 0 spiro atoms. The lowest BCUT2D eigenvalue weighted by Gasteiger charge is -2.01. The highest BCUT2D eigenvalue weighted by molar-refractivity contribution is 7.17. The molecule has 1 aromatic heterocycles. The SMILES string of the molecule is NC(/C=C(\N)c1csc2ccccc12)=Nc1ccc(O)cc1. The van der Waals surface area contributed by atoms with E-state index < -0.39 is 0 Å². The number of rotatable bonds is 3. The van der Waals surface area contributed by atoms with Gasteiger partial charge in [-0.25, -0.2) is 4.99 Å². The number of fused-ring (bicyclic) bond motifs is 1. The summed E-state index contributed by atoms with van der Waals surface area (Å²) in [7, 11) is 0. The second kappa shape index (κ2) is 5.91. The predicted octanol–water partition coefficient (Wildman–Crippen LogP) is 3.60. The number of hydrogen-bond donors (Lipinski definition) is 3. The van der Waals surface area contributed by atoms with E-state index in [1.807, 2.05) is 23.6 Å². The number of phenolic OH excluding ortho intramolecular Hbond substituents is 1. The average molecular weight is 309 g/mol. The Morgan fingerprint density at radius 2 is 1.77 bits per heavy atom. The molecule has 0 amide bonds. The Labute approximate surface area is 132 Å². The lowest BCUT2D eigenvalue weighted by molar-refractivity contribution is 0.475. The third kappa shape index (κ3) is 2.94. The standard InChI is InChI=1S/C17H15N3OS/c18-15(14-10-22-16-4-2-1-3-13(14)16)9-17(19)20-11-5-7-12(21)8-6-11/h1-10,21H,18H2,(H2,19,20)/b15-9-. The lowest BCUT2D eigenvalue weighted by Crippen LogP contribution is -2.10. The summed E-state index contributed by atoms with van der Waals surface area (Å²) in [4.78, 5) is 4.26. The molecule has 0 saturated carbocycles. The maximum absolute atomic E-state index is 9.25. The van der Waals surface area contributed by atoms with Crippen LogP contribution in [0.5, 0.6) is 5.75 Å². The van der Waals surface area contributed by atoms with Gasteiger partial charge in [0, 0.05) is 32.8 Å². The molecule has 0 aliphatic carbocycles. The van der Waals surface area contributed by atoms with Gasteiger partial charge in [-0.3, -0.25) is 0 Å². The van der Waals surface area contributed by atoms with Crippen LogP contribution in [-0.4, -0.2) is 10.9 Å². The lowest BCUT2D eigenvalue weighted by atomic mass is 10.1. The summed E-state index contributed by atoms with van der Waals surface area (Å²) in [5.41, 5.74) is 14.3. The molecule has 3 aromatic rings. The molecule has 0 fully saturated rings. The van der Waals surface area contributed by atoms with Crippen molar-refractivity contribution in [1.82, 2.24) is 0 Å². The van der Waals surface area contributed by atoms with Crippen molar-refractivity contribution < 1.29 is 5.11 Å². The summed E-state index contributed by atoms with van der Waals surface area (Å²) in [5, 5.41) is 12.4. The van der Waals surface area contributed by atoms with Crippen molar-refractivity contribution >= 4 is 38.6 Å². The topological polar surface area (TPSA) is 84.6 Å². The Kier molecular flexibility index (Phi) is 3.80. The molecule has 0 atom stereocenters. The van der Waals surface area contributed by atoms with Crippen LogP contribution in [0.1, 0.15) is 5.56 Å². The number of nitrogens with two attached hydrogens (primary N) is 2. The normalized spacial score (nSPS) is 12.7. The van der Waals surface area contributed by atoms with Crippen LogP contribution in [0.2, 0.25) is 0 Å². The van der Waals surface area contributed by atoms with E-state index in [0.717, 1.165) is 10.9 Å². The number of aromatic hydroxyl groups is 1. The van der Waals surface area contributed by atoms with Crippen molar-refractivity contribution in [3.05, 3.63) is 65.6 Å². The van der Waals surface area contributed by atoms with Crippen molar-refractivity contribution in [2.24, 2.45) is 16.5 Å². The summed E-state index contributed by atoms with van der Waals surface area (Å²) in [6.07, 6.45) is 1.65. The van der Waals surface area contributed by atoms with Crippen molar-refractivity contribution in [2.45, 2.75) is 0 Å². The van der Waals surface area contributed by atoms with Gasteiger partial charge in [0.1, 0.15) is 11.6 Å². The van der Waals surface area contributed by atoms with Gasteiger partial charge in [0.15, 0.2) is 0 Å². The number of hydrogen-bond acceptors (Lipinski definition) is 4. The van der Waals surface area contributed by atoms with E-state index in [0.29, 0.717) is 17.2 Å². The van der Waals surface area contributed by atoms with Crippen LogP contribution in [0.4, 0.5) is 5.69 Å². The minimum Gasteiger partial charge on any atom is -0.508 e. The summed E-state index contributed by atoms with van der Waals surface area (Å²) >= 11 is 1.65. The summed E-state index contributed by atoms with van der Waals surface area (Å²) in [6.45, 7) is 0. The first kappa shape index (κ1) is 14.2. The Hall–Kier alpha value is -2.79. The molecule has 0 aliphatic rings. The number of phenols is 1. The number of nitrogens with zero attached hydrogens (tertiary/aromatic N) is 1. The number of thiophene rings is 1. The second-order valence-corrected chi connectivity index (χ2v) is 5.71. The van der Waals surface area contributed by atoms with Crippen molar-refractivity contribution in [1.29, 1.82) is 0 Å². The van der Waals surface area contributed by atoms with E-state index in [1.54, 1.807) is 41.7 Å². The molecule has 1 heterocycles. The molecule has 4 nitrogen and oxygen atoms in total. The van der Waals surface area contributed by atoms with E-state index in [4.69, 9.17) is 11.5 Å². The zero-order valence-corrected chi connectivity index (χ0v) is 12.5. The minimum absolute atomic E-state index is 0.192. The van der Waals surface area contributed by atoms with Crippen LogP contribution >= 0.6 is 11.3 Å². The van der Waals surface area contributed by atoms with E-state index >= 15 is 0 Å². The first-order valence-electron chi connectivity index (χ1n) is 6.70. The van der Waals surface area contributed by atoms with Crippen molar-refractivity contribution in [3.63, 3.8) is 0 Å². The third-order valence-corrected chi connectivity index (χ3v) is 4.17. The first-order valence-corrected chi connectivity index (χ1v) is 7.58. The largest absolute Gasteiger partial charge is 0.508 e. The molecule has 2 aromatic carbocycles. The quantitative estimate of drug-likeness (QED) is 0.510. The fraction of sp³-hybridized carbons (Fsp3) is 0. The molecule has 5 heteroatoms. The predicted molar refractivity (Wildman–Crippen MR) is 93.4 cm³/mol. The Morgan fingerprint density at radius 3 is 2.55 bits per heavy atom. The van der Waals surface area contributed by atoms with Crippen LogP contribution in [-0.2, 0) is 0 Å². The van der Waals surface area contributed by atoms with Gasteiger partial charge in [0.05, 0.1) is 5.69 Å². The van der Waals surface area contributed by atoms with Crippen LogP contribution in [0.3, 0.4) is 0 Å². The van der Waals surface area contributed by atoms with Gasteiger partial charge in [0.2, 0.25) is 0 Å². The smallest absolute Gasteiger partial charge is 0.126 e. The second-order valence-electron chi connectivity index (χ2n) is 4.80. The van der Waals surface area contributed by atoms with Crippen LogP contribution in [0.25, 0.3) is 15.8 Å². The Bertz CT molecular complexity index is 863. The highest BCUT2D eigenvalue weighted by Crippen LogP contribution is 2.28. The van der Waals surface area contributed by atoms with Gasteiger partial charge in [0.25, 0.3) is 0 Å². The molecule has 110 valence electrons. The van der Waals surface area contributed by atoms with Gasteiger partial charge in [-0.2, -0.15) is 0 Å². The number of amidine groups is 1. The van der Waals surface area contributed by atoms with Crippen LogP contribution < -0.4 is 11.5 Å². The molecule has 0 saturated heterocycles. The van der Waals surface area contributed by atoms with E-state index in [-0.39, 0.29) is 5.75 Å². The molecule has 0 radical (unpaired) electrons. The Morgan fingerprint density at radius 1 is 1.05 bits per heavy atom. The average Bonchev–Trinajstić information content (AvgIpc) is 2.93. The van der Waals surface area contributed by atoms with E-state index in [2.05, 4.69) is 11.1 Å². The first-order chi connectivity index (χ1) is 10.6.